The second kappa shape index (κ2) is 6.45. The zero-order valence-corrected chi connectivity index (χ0v) is 11.4. The third-order valence-corrected chi connectivity index (χ3v) is 2.93. The number of nitriles is 1. The predicted molar refractivity (Wildman–Crippen MR) is 72.0 cm³/mol. The number of halogens is 3. The number of ether oxygens (including phenoxy) is 1. The van der Waals surface area contributed by atoms with Crippen molar-refractivity contribution in [1.82, 2.24) is 0 Å². The van der Waals surface area contributed by atoms with Crippen LogP contribution in [0.3, 0.4) is 0 Å². The van der Waals surface area contributed by atoms with Gasteiger partial charge >= 0.3 is 12.1 Å². The van der Waals surface area contributed by atoms with Gasteiger partial charge in [-0.15, -0.1) is 0 Å². The van der Waals surface area contributed by atoms with E-state index in [0.717, 1.165) is 23.9 Å². The van der Waals surface area contributed by atoms with E-state index in [0.29, 0.717) is 18.5 Å². The van der Waals surface area contributed by atoms with E-state index in [9.17, 15) is 13.2 Å². The molecule has 114 valence electrons. The number of pyridine rings is 1. The minimum absolute atomic E-state index is 0.107. The molecule has 4 nitrogen and oxygen atoms in total. The number of nitrogens with two attached hydrogens (primary N) is 1. The van der Waals surface area contributed by atoms with Crippen LogP contribution in [0.4, 0.5) is 13.2 Å². The van der Waals surface area contributed by atoms with Gasteiger partial charge in [0.05, 0.1) is 11.6 Å². The Hall–Kier alpha value is -2.59. The summed E-state index contributed by atoms with van der Waals surface area (Å²) in [6.45, 7) is 0.456. The molecule has 0 atom stereocenters. The van der Waals surface area contributed by atoms with Gasteiger partial charge in [-0.05, 0) is 36.7 Å². The van der Waals surface area contributed by atoms with Crippen molar-refractivity contribution in [3.8, 4) is 17.7 Å². The van der Waals surface area contributed by atoms with Crippen LogP contribution in [0.15, 0.2) is 36.5 Å². The zero-order chi connectivity index (χ0) is 16.2. The zero-order valence-electron chi connectivity index (χ0n) is 11.4. The van der Waals surface area contributed by atoms with Gasteiger partial charge in [-0.3, -0.25) is 0 Å². The molecule has 1 aromatic carbocycles. The minimum Gasteiger partial charge on any atom is -0.404 e. The molecule has 0 bridgehead atoms. The summed E-state index contributed by atoms with van der Waals surface area (Å²) < 4.78 is 42.8. The van der Waals surface area contributed by atoms with E-state index >= 15 is 0 Å². The summed E-state index contributed by atoms with van der Waals surface area (Å²) in [5.41, 5.74) is 5.83. The molecule has 0 spiro atoms. The molecule has 0 amide bonds. The normalized spacial score (nSPS) is 11.0. The van der Waals surface area contributed by atoms with E-state index in [1.165, 1.54) is 0 Å². The van der Waals surface area contributed by atoms with Crippen molar-refractivity contribution in [3.05, 3.63) is 53.2 Å². The minimum atomic E-state index is -4.42. The lowest BCUT2D eigenvalue weighted by molar-refractivity contribution is -0.393. The van der Waals surface area contributed by atoms with Gasteiger partial charge < -0.3 is 10.5 Å². The Morgan fingerprint density at radius 2 is 2.00 bits per heavy atom. The predicted octanol–water partition coefficient (Wildman–Crippen LogP) is 2.68. The SMILES string of the molecule is N#Cc1cc(CCN)ccc1Oc1ccc(C(F)(F)F)c[nH+]1. The third-order valence-electron chi connectivity index (χ3n) is 2.93. The van der Waals surface area contributed by atoms with E-state index in [1.807, 2.05) is 6.07 Å². The average Bonchev–Trinajstić information content (AvgIpc) is 2.48. The maximum Gasteiger partial charge on any atom is 0.422 e. The smallest absolute Gasteiger partial charge is 0.404 e. The number of nitrogens with one attached hydrogen (secondary N) is 1. The first-order chi connectivity index (χ1) is 10.4. The summed E-state index contributed by atoms with van der Waals surface area (Å²) in [4.78, 5) is 2.41. The molecule has 0 aliphatic carbocycles. The van der Waals surface area contributed by atoms with Gasteiger partial charge in [-0.2, -0.15) is 23.4 Å². The first kappa shape index (κ1) is 15.8. The number of H-pyrrole nitrogens is 1. The van der Waals surface area contributed by atoms with Gasteiger partial charge in [0.25, 0.3) is 0 Å². The van der Waals surface area contributed by atoms with Crippen molar-refractivity contribution in [1.29, 1.82) is 5.26 Å². The largest absolute Gasteiger partial charge is 0.422 e. The standard InChI is InChI=1S/C15H12F3N3O/c16-15(17,18)12-2-4-14(21-9-12)22-13-3-1-10(5-6-19)7-11(13)8-20/h1-4,7,9H,5-6,19H2/p+1. The fraction of sp³-hybridized carbons (Fsp3) is 0.200. The summed E-state index contributed by atoms with van der Waals surface area (Å²) in [7, 11) is 0. The van der Waals surface area contributed by atoms with Crippen LogP contribution < -0.4 is 15.5 Å². The quantitative estimate of drug-likeness (QED) is 0.943. The van der Waals surface area contributed by atoms with Gasteiger partial charge in [0.1, 0.15) is 11.6 Å². The number of hydrogen-bond donors (Lipinski definition) is 1. The first-order valence-electron chi connectivity index (χ1n) is 6.44. The number of aromatic amines is 1. The average molecular weight is 308 g/mol. The fourth-order valence-corrected chi connectivity index (χ4v) is 1.84. The Balaban J connectivity index is 2.22. The number of hydrogen-bond acceptors (Lipinski definition) is 3. The molecule has 0 fully saturated rings. The molecule has 0 unspecified atom stereocenters. The molecular formula is C15H13F3N3O+. The lowest BCUT2D eigenvalue weighted by atomic mass is 10.1. The molecule has 22 heavy (non-hydrogen) atoms. The number of benzene rings is 1. The number of alkyl halides is 3. The van der Waals surface area contributed by atoms with Crippen molar-refractivity contribution < 1.29 is 22.9 Å². The van der Waals surface area contributed by atoms with Crippen LogP contribution in [0.1, 0.15) is 16.7 Å². The highest BCUT2D eigenvalue weighted by Gasteiger charge is 2.32. The highest BCUT2D eigenvalue weighted by atomic mass is 19.4. The first-order valence-corrected chi connectivity index (χ1v) is 6.44. The molecule has 1 heterocycles. The van der Waals surface area contributed by atoms with E-state index in [1.54, 1.807) is 18.2 Å². The molecule has 0 radical (unpaired) electrons. The lowest BCUT2D eigenvalue weighted by Gasteiger charge is -2.06. The molecule has 0 saturated heterocycles. The maximum atomic E-state index is 12.5. The highest BCUT2D eigenvalue weighted by molar-refractivity contribution is 5.46. The van der Waals surface area contributed by atoms with E-state index < -0.39 is 11.7 Å². The number of aromatic nitrogens is 1. The van der Waals surface area contributed by atoms with Gasteiger partial charge in [0.2, 0.25) is 0 Å². The summed E-state index contributed by atoms with van der Waals surface area (Å²) >= 11 is 0. The van der Waals surface area contributed by atoms with Crippen LogP contribution in [-0.4, -0.2) is 6.54 Å². The van der Waals surface area contributed by atoms with Gasteiger partial charge in [-0.1, -0.05) is 6.07 Å². The molecule has 2 rings (SSSR count). The van der Waals surface area contributed by atoms with Gasteiger partial charge in [0, 0.05) is 0 Å². The maximum absolute atomic E-state index is 12.5. The van der Waals surface area contributed by atoms with E-state index in [-0.39, 0.29) is 11.6 Å². The summed E-state index contributed by atoms with van der Waals surface area (Å²) in [5, 5.41) is 9.12. The topological polar surface area (TPSA) is 73.2 Å². The van der Waals surface area contributed by atoms with Crippen LogP contribution >= 0.6 is 0 Å². The van der Waals surface area contributed by atoms with Crippen molar-refractivity contribution >= 4 is 0 Å². The molecule has 0 aliphatic rings. The third kappa shape index (κ3) is 3.74. The summed E-state index contributed by atoms with van der Waals surface area (Å²) in [5.74, 6) is 0.371. The monoisotopic (exact) mass is 308 g/mol. The van der Waals surface area contributed by atoms with Crippen molar-refractivity contribution in [2.24, 2.45) is 5.73 Å². The van der Waals surface area contributed by atoms with E-state index in [2.05, 4.69) is 4.98 Å². The second-order valence-corrected chi connectivity index (χ2v) is 4.52. The molecule has 1 aromatic heterocycles. The highest BCUT2D eigenvalue weighted by Crippen LogP contribution is 2.29. The van der Waals surface area contributed by atoms with Crippen LogP contribution in [0.5, 0.6) is 11.6 Å². The summed E-state index contributed by atoms with van der Waals surface area (Å²) in [6, 6.07) is 9.05. The molecule has 3 N–H and O–H groups in total. The lowest BCUT2D eigenvalue weighted by Crippen LogP contribution is -2.13. The Labute approximate surface area is 125 Å². The van der Waals surface area contributed by atoms with Crippen LogP contribution in [0.2, 0.25) is 0 Å². The van der Waals surface area contributed by atoms with Crippen molar-refractivity contribution in [2.45, 2.75) is 12.6 Å². The molecule has 0 saturated carbocycles. The molecule has 7 heteroatoms. The number of nitrogens with zero attached hydrogens (tertiary/aromatic N) is 1. The van der Waals surface area contributed by atoms with E-state index in [4.69, 9.17) is 15.7 Å². The number of rotatable bonds is 4. The Morgan fingerprint density at radius 3 is 2.55 bits per heavy atom. The fourth-order valence-electron chi connectivity index (χ4n) is 1.84. The molecular weight excluding hydrogens is 295 g/mol. The van der Waals surface area contributed by atoms with Gasteiger partial charge in [0.15, 0.2) is 11.9 Å². The summed E-state index contributed by atoms with van der Waals surface area (Å²) in [6.07, 6.45) is -2.98. The van der Waals surface area contributed by atoms with Crippen molar-refractivity contribution in [3.63, 3.8) is 0 Å². The Kier molecular flexibility index (Phi) is 4.63. The van der Waals surface area contributed by atoms with Crippen LogP contribution in [-0.2, 0) is 12.6 Å². The molecule has 0 aliphatic heterocycles. The second-order valence-electron chi connectivity index (χ2n) is 4.52. The molecule has 2 aromatic rings. The Morgan fingerprint density at radius 1 is 1.23 bits per heavy atom. The van der Waals surface area contributed by atoms with Crippen molar-refractivity contribution in [2.75, 3.05) is 6.54 Å². The van der Waals surface area contributed by atoms with Gasteiger partial charge in [-0.25, -0.2) is 0 Å². The Bertz CT molecular complexity index is 691. The van der Waals surface area contributed by atoms with Crippen LogP contribution in [0.25, 0.3) is 0 Å². The van der Waals surface area contributed by atoms with Crippen LogP contribution in [0, 0.1) is 11.3 Å².